The van der Waals surface area contributed by atoms with Crippen LogP contribution >= 0.6 is 11.3 Å². The van der Waals surface area contributed by atoms with Crippen LogP contribution in [0.25, 0.3) is 0 Å². The molecule has 1 saturated carbocycles. The summed E-state index contributed by atoms with van der Waals surface area (Å²) in [7, 11) is 2.15. The van der Waals surface area contributed by atoms with E-state index in [-0.39, 0.29) is 5.41 Å². The molecule has 0 radical (unpaired) electrons. The van der Waals surface area contributed by atoms with Gasteiger partial charge in [0.25, 0.3) is 0 Å². The van der Waals surface area contributed by atoms with Gasteiger partial charge >= 0.3 is 0 Å². The van der Waals surface area contributed by atoms with Crippen molar-refractivity contribution >= 4 is 11.3 Å². The standard InChI is InChI=1S/C13H22N2OS/c1-11-12(17-10-14-11)7-15(2)8-13(9-16)5-3-4-6-13/h10,16H,3-9H2,1-2H3. The van der Waals surface area contributed by atoms with Gasteiger partial charge in [-0.2, -0.15) is 0 Å². The van der Waals surface area contributed by atoms with Crippen LogP contribution in [0.1, 0.15) is 36.3 Å². The number of hydrogen-bond acceptors (Lipinski definition) is 4. The number of thiazole rings is 1. The van der Waals surface area contributed by atoms with Crippen LogP contribution in [-0.4, -0.2) is 35.2 Å². The lowest BCUT2D eigenvalue weighted by Gasteiger charge is -2.31. The third kappa shape index (κ3) is 3.06. The van der Waals surface area contributed by atoms with Crippen molar-refractivity contribution in [1.82, 2.24) is 9.88 Å². The molecule has 1 aliphatic rings. The van der Waals surface area contributed by atoms with Crippen LogP contribution in [0, 0.1) is 12.3 Å². The van der Waals surface area contributed by atoms with Gasteiger partial charge in [0.1, 0.15) is 0 Å². The number of aliphatic hydroxyl groups is 1. The lowest BCUT2D eigenvalue weighted by Crippen LogP contribution is -2.36. The van der Waals surface area contributed by atoms with Crippen molar-refractivity contribution in [1.29, 1.82) is 0 Å². The van der Waals surface area contributed by atoms with E-state index in [0.29, 0.717) is 6.61 Å². The molecule has 4 heteroatoms. The molecule has 0 unspecified atom stereocenters. The van der Waals surface area contributed by atoms with E-state index in [1.807, 2.05) is 5.51 Å². The molecule has 1 fully saturated rings. The van der Waals surface area contributed by atoms with Gasteiger partial charge in [-0.15, -0.1) is 11.3 Å². The first-order valence-electron chi connectivity index (χ1n) is 6.34. The molecule has 2 rings (SSSR count). The molecule has 0 bridgehead atoms. The van der Waals surface area contributed by atoms with E-state index in [2.05, 4.69) is 23.9 Å². The van der Waals surface area contributed by atoms with Crippen molar-refractivity contribution < 1.29 is 5.11 Å². The average molecular weight is 254 g/mol. The van der Waals surface area contributed by atoms with Gasteiger partial charge in [0.05, 0.1) is 11.2 Å². The molecular weight excluding hydrogens is 232 g/mol. The second-order valence-electron chi connectivity index (χ2n) is 5.40. The maximum atomic E-state index is 9.61. The van der Waals surface area contributed by atoms with Gasteiger partial charge in [-0.25, -0.2) is 4.98 Å². The summed E-state index contributed by atoms with van der Waals surface area (Å²) in [5.74, 6) is 0. The van der Waals surface area contributed by atoms with Crippen molar-refractivity contribution in [2.75, 3.05) is 20.2 Å². The Morgan fingerprint density at radius 3 is 2.71 bits per heavy atom. The molecule has 0 amide bonds. The summed E-state index contributed by atoms with van der Waals surface area (Å²) in [5, 5.41) is 9.61. The Balaban J connectivity index is 1.92. The van der Waals surface area contributed by atoms with Crippen LogP contribution in [0.5, 0.6) is 0 Å². The monoisotopic (exact) mass is 254 g/mol. The molecule has 1 aromatic rings. The molecule has 1 heterocycles. The van der Waals surface area contributed by atoms with Gasteiger partial charge in [-0.05, 0) is 26.8 Å². The second kappa shape index (κ2) is 5.46. The largest absolute Gasteiger partial charge is 0.396 e. The zero-order chi connectivity index (χ0) is 12.3. The fourth-order valence-electron chi connectivity index (χ4n) is 2.84. The highest BCUT2D eigenvalue weighted by Gasteiger charge is 2.34. The molecule has 0 aliphatic heterocycles. The predicted octanol–water partition coefficient (Wildman–Crippen LogP) is 2.44. The van der Waals surface area contributed by atoms with Crippen LogP contribution in [0.3, 0.4) is 0 Å². The van der Waals surface area contributed by atoms with Crippen molar-refractivity contribution in [2.45, 2.75) is 39.2 Å². The Bertz CT molecular complexity index is 358. The normalized spacial score (nSPS) is 19.1. The van der Waals surface area contributed by atoms with Crippen LogP contribution in [-0.2, 0) is 6.54 Å². The van der Waals surface area contributed by atoms with Crippen molar-refractivity contribution in [3.05, 3.63) is 16.1 Å². The third-order valence-electron chi connectivity index (χ3n) is 3.86. The van der Waals surface area contributed by atoms with Crippen molar-refractivity contribution in [3.63, 3.8) is 0 Å². The Morgan fingerprint density at radius 1 is 1.47 bits per heavy atom. The summed E-state index contributed by atoms with van der Waals surface area (Å²) in [6, 6.07) is 0. The quantitative estimate of drug-likeness (QED) is 0.877. The van der Waals surface area contributed by atoms with Gasteiger partial charge in [-0.1, -0.05) is 12.8 Å². The minimum Gasteiger partial charge on any atom is -0.396 e. The van der Waals surface area contributed by atoms with E-state index in [4.69, 9.17) is 0 Å². The molecular formula is C13H22N2OS. The highest BCUT2D eigenvalue weighted by Crippen LogP contribution is 2.38. The maximum Gasteiger partial charge on any atom is 0.0798 e. The zero-order valence-electron chi connectivity index (χ0n) is 10.8. The molecule has 1 aliphatic carbocycles. The SMILES string of the molecule is Cc1ncsc1CN(C)CC1(CO)CCCC1. The van der Waals surface area contributed by atoms with E-state index in [9.17, 15) is 5.11 Å². The van der Waals surface area contributed by atoms with E-state index >= 15 is 0 Å². The Hall–Kier alpha value is -0.450. The van der Waals surface area contributed by atoms with Crippen molar-refractivity contribution in [2.24, 2.45) is 5.41 Å². The summed E-state index contributed by atoms with van der Waals surface area (Å²) in [5.41, 5.74) is 3.22. The maximum absolute atomic E-state index is 9.61. The molecule has 3 nitrogen and oxygen atoms in total. The van der Waals surface area contributed by atoms with Gasteiger partial charge < -0.3 is 10.0 Å². The van der Waals surface area contributed by atoms with Crippen LogP contribution in [0.4, 0.5) is 0 Å². The average Bonchev–Trinajstić information content (AvgIpc) is 2.90. The number of nitrogens with zero attached hydrogens (tertiary/aromatic N) is 2. The van der Waals surface area contributed by atoms with E-state index in [1.54, 1.807) is 11.3 Å². The van der Waals surface area contributed by atoms with Crippen molar-refractivity contribution in [3.8, 4) is 0 Å². The third-order valence-corrected chi connectivity index (χ3v) is 4.78. The number of aryl methyl sites for hydroxylation is 1. The molecule has 1 N–H and O–H groups in total. The smallest absolute Gasteiger partial charge is 0.0798 e. The molecule has 0 atom stereocenters. The Morgan fingerprint density at radius 2 is 2.18 bits per heavy atom. The van der Waals surface area contributed by atoms with Crippen LogP contribution in [0.2, 0.25) is 0 Å². The molecule has 0 spiro atoms. The first kappa shape index (κ1) is 13.0. The van der Waals surface area contributed by atoms with Crippen LogP contribution in [0.15, 0.2) is 5.51 Å². The summed E-state index contributed by atoms with van der Waals surface area (Å²) >= 11 is 1.73. The first-order valence-corrected chi connectivity index (χ1v) is 7.21. The fraction of sp³-hybridized carbons (Fsp3) is 0.769. The van der Waals surface area contributed by atoms with E-state index < -0.39 is 0 Å². The number of rotatable bonds is 5. The molecule has 0 saturated heterocycles. The van der Waals surface area contributed by atoms with E-state index in [1.165, 1.54) is 30.6 Å². The number of hydrogen-bond donors (Lipinski definition) is 1. The van der Waals surface area contributed by atoms with Gasteiger partial charge in [0.15, 0.2) is 0 Å². The van der Waals surface area contributed by atoms with Gasteiger partial charge in [0.2, 0.25) is 0 Å². The minimum atomic E-state index is 0.160. The highest BCUT2D eigenvalue weighted by molar-refractivity contribution is 7.09. The van der Waals surface area contributed by atoms with Crippen LogP contribution < -0.4 is 0 Å². The number of aromatic nitrogens is 1. The Kier molecular flexibility index (Phi) is 4.17. The number of aliphatic hydroxyl groups excluding tert-OH is 1. The van der Waals surface area contributed by atoms with E-state index in [0.717, 1.165) is 18.8 Å². The Labute approximate surface area is 107 Å². The molecule has 17 heavy (non-hydrogen) atoms. The lowest BCUT2D eigenvalue weighted by molar-refractivity contribution is 0.0866. The topological polar surface area (TPSA) is 36.4 Å². The first-order chi connectivity index (χ1) is 8.15. The van der Waals surface area contributed by atoms with Gasteiger partial charge in [0, 0.05) is 30.0 Å². The minimum absolute atomic E-state index is 0.160. The summed E-state index contributed by atoms with van der Waals surface area (Å²) in [6.45, 7) is 4.36. The highest BCUT2D eigenvalue weighted by atomic mass is 32.1. The molecule has 96 valence electrons. The fourth-order valence-corrected chi connectivity index (χ4v) is 3.70. The summed E-state index contributed by atoms with van der Waals surface area (Å²) in [4.78, 5) is 7.96. The van der Waals surface area contributed by atoms with Gasteiger partial charge in [-0.3, -0.25) is 0 Å². The molecule has 0 aromatic carbocycles. The molecule has 1 aromatic heterocycles. The summed E-state index contributed by atoms with van der Waals surface area (Å²) < 4.78 is 0. The second-order valence-corrected chi connectivity index (χ2v) is 6.34. The summed E-state index contributed by atoms with van der Waals surface area (Å²) in [6.07, 6.45) is 4.90. The lowest BCUT2D eigenvalue weighted by atomic mass is 9.87. The zero-order valence-corrected chi connectivity index (χ0v) is 11.6. The predicted molar refractivity (Wildman–Crippen MR) is 71.2 cm³/mol.